The predicted molar refractivity (Wildman–Crippen MR) is 102 cm³/mol. The summed E-state index contributed by atoms with van der Waals surface area (Å²) in [4.78, 5) is 23.8. The van der Waals surface area contributed by atoms with E-state index < -0.39 is 12.0 Å². The zero-order valence-electron chi connectivity index (χ0n) is 16.1. The number of amides is 1. The lowest BCUT2D eigenvalue weighted by atomic mass is 9.96. The third kappa shape index (κ3) is 5.45. The van der Waals surface area contributed by atoms with Crippen molar-refractivity contribution in [1.82, 2.24) is 5.32 Å². The number of halogens is 1. The zero-order chi connectivity index (χ0) is 20.7. The highest BCUT2D eigenvalue weighted by molar-refractivity contribution is 5.78. The molecule has 2 aromatic carbocycles. The van der Waals surface area contributed by atoms with Crippen molar-refractivity contribution in [3.05, 3.63) is 59.4 Å². The molecule has 2 rings (SSSR count). The molecule has 0 fully saturated rings. The Hall–Kier alpha value is -3.09. The van der Waals surface area contributed by atoms with E-state index >= 15 is 0 Å². The van der Waals surface area contributed by atoms with E-state index in [4.69, 9.17) is 9.47 Å². The van der Waals surface area contributed by atoms with Crippen LogP contribution < -0.4 is 14.8 Å². The maximum atomic E-state index is 13.9. The highest BCUT2D eigenvalue weighted by Crippen LogP contribution is 2.31. The lowest BCUT2D eigenvalue weighted by Gasteiger charge is -2.20. The molecule has 2 atom stereocenters. The summed E-state index contributed by atoms with van der Waals surface area (Å²) in [6.45, 7) is 1.75. The van der Waals surface area contributed by atoms with Crippen molar-refractivity contribution in [3.8, 4) is 11.5 Å². The number of nitrogens with one attached hydrogen (secondary N) is 1. The van der Waals surface area contributed by atoms with Crippen molar-refractivity contribution in [2.24, 2.45) is 0 Å². The predicted octanol–water partition coefficient (Wildman–Crippen LogP) is 3.67. The normalized spacial score (nSPS) is 12.7. The first-order valence-corrected chi connectivity index (χ1v) is 8.83. The van der Waals surface area contributed by atoms with Gasteiger partial charge in [0.1, 0.15) is 5.82 Å². The highest BCUT2D eigenvalue weighted by atomic mass is 19.1. The molecule has 2 aromatic rings. The fourth-order valence-corrected chi connectivity index (χ4v) is 3.01. The van der Waals surface area contributed by atoms with E-state index in [0.717, 1.165) is 0 Å². The minimum atomic E-state index is -1.05. The highest BCUT2D eigenvalue weighted by Gasteiger charge is 2.22. The second kappa shape index (κ2) is 9.73. The van der Waals surface area contributed by atoms with Gasteiger partial charge in [0.25, 0.3) is 0 Å². The Labute approximate surface area is 163 Å². The number of hydrogen-bond acceptors (Lipinski definition) is 4. The van der Waals surface area contributed by atoms with Crippen LogP contribution in [-0.4, -0.2) is 31.2 Å². The topological polar surface area (TPSA) is 84.9 Å². The van der Waals surface area contributed by atoms with Gasteiger partial charge in [0.05, 0.1) is 26.7 Å². The molecule has 28 heavy (non-hydrogen) atoms. The number of ether oxygens (including phenoxy) is 2. The first kappa shape index (κ1) is 21.2. The molecule has 2 unspecified atom stereocenters. The first-order chi connectivity index (χ1) is 13.3. The number of hydrogen-bond donors (Lipinski definition) is 2. The molecule has 0 radical (unpaired) electrons. The average molecular weight is 389 g/mol. The average Bonchev–Trinajstić information content (AvgIpc) is 2.66. The SMILES string of the molecule is COc1ccc(C(CC(=O)O)NC(=O)CC(C)c2ccccc2F)cc1OC. The summed E-state index contributed by atoms with van der Waals surface area (Å²) in [6, 6.07) is 10.5. The molecule has 0 aliphatic carbocycles. The van der Waals surface area contributed by atoms with Crippen LogP contribution in [0.4, 0.5) is 4.39 Å². The standard InChI is InChI=1S/C21H24FNO5/c1-13(15-6-4-5-7-16(15)22)10-20(24)23-17(12-21(25)26)14-8-9-18(27-2)19(11-14)28-3/h4-9,11,13,17H,10,12H2,1-3H3,(H,23,24)(H,25,26). The van der Waals surface area contributed by atoms with Gasteiger partial charge in [0.2, 0.25) is 5.91 Å². The Morgan fingerprint density at radius 3 is 2.36 bits per heavy atom. The number of benzene rings is 2. The fourth-order valence-electron chi connectivity index (χ4n) is 3.01. The smallest absolute Gasteiger partial charge is 0.305 e. The Morgan fingerprint density at radius 1 is 1.07 bits per heavy atom. The fraction of sp³-hybridized carbons (Fsp3) is 0.333. The molecule has 0 aliphatic rings. The molecule has 0 bridgehead atoms. The largest absolute Gasteiger partial charge is 0.493 e. The molecule has 0 aromatic heterocycles. The molecule has 0 saturated carbocycles. The quantitative estimate of drug-likeness (QED) is 0.684. The molecule has 0 aliphatic heterocycles. The van der Waals surface area contributed by atoms with Crippen molar-refractivity contribution in [2.45, 2.75) is 31.7 Å². The molecule has 1 amide bonds. The molecular formula is C21H24FNO5. The summed E-state index contributed by atoms with van der Waals surface area (Å²) in [5.74, 6) is -1.20. The monoisotopic (exact) mass is 389 g/mol. The van der Waals surface area contributed by atoms with E-state index in [1.807, 2.05) is 0 Å². The molecular weight excluding hydrogens is 365 g/mol. The molecule has 150 valence electrons. The van der Waals surface area contributed by atoms with Crippen molar-refractivity contribution >= 4 is 11.9 Å². The second-order valence-electron chi connectivity index (χ2n) is 6.46. The van der Waals surface area contributed by atoms with Crippen molar-refractivity contribution < 1.29 is 28.6 Å². The van der Waals surface area contributed by atoms with E-state index in [2.05, 4.69) is 5.32 Å². The number of methoxy groups -OCH3 is 2. The van der Waals surface area contributed by atoms with Crippen LogP contribution in [0.15, 0.2) is 42.5 Å². The van der Waals surface area contributed by atoms with Gasteiger partial charge in [-0.1, -0.05) is 31.2 Å². The maximum absolute atomic E-state index is 13.9. The lowest BCUT2D eigenvalue weighted by molar-refractivity contribution is -0.137. The van der Waals surface area contributed by atoms with Gasteiger partial charge < -0.3 is 19.9 Å². The van der Waals surface area contributed by atoms with Crippen LogP contribution in [0.3, 0.4) is 0 Å². The molecule has 0 spiro atoms. The third-order valence-electron chi connectivity index (χ3n) is 4.45. The van der Waals surface area contributed by atoms with Gasteiger partial charge >= 0.3 is 5.97 Å². The third-order valence-corrected chi connectivity index (χ3v) is 4.45. The molecule has 7 heteroatoms. The van der Waals surface area contributed by atoms with Crippen molar-refractivity contribution in [2.75, 3.05) is 14.2 Å². The Morgan fingerprint density at radius 2 is 1.75 bits per heavy atom. The van der Waals surface area contributed by atoms with Gasteiger partial charge in [-0.15, -0.1) is 0 Å². The number of carboxylic acids is 1. The van der Waals surface area contributed by atoms with Crippen LogP contribution in [0.2, 0.25) is 0 Å². The van der Waals surface area contributed by atoms with Crippen LogP contribution in [0.25, 0.3) is 0 Å². The van der Waals surface area contributed by atoms with Gasteiger partial charge in [-0.05, 0) is 35.2 Å². The maximum Gasteiger partial charge on any atom is 0.305 e. The summed E-state index contributed by atoms with van der Waals surface area (Å²) in [5, 5.41) is 12.0. The van der Waals surface area contributed by atoms with Gasteiger partial charge in [-0.3, -0.25) is 9.59 Å². The summed E-state index contributed by atoms with van der Waals surface area (Å²) in [7, 11) is 2.97. The molecule has 2 N–H and O–H groups in total. The van der Waals surface area contributed by atoms with Gasteiger partial charge in [-0.2, -0.15) is 0 Å². The number of rotatable bonds is 9. The Kier molecular flexibility index (Phi) is 7.37. The lowest BCUT2D eigenvalue weighted by Crippen LogP contribution is -2.31. The Bertz CT molecular complexity index is 839. The van der Waals surface area contributed by atoms with E-state index in [-0.39, 0.29) is 30.5 Å². The van der Waals surface area contributed by atoms with Crippen LogP contribution in [-0.2, 0) is 9.59 Å². The minimum Gasteiger partial charge on any atom is -0.493 e. The number of carboxylic acid groups (broad SMARTS) is 1. The number of carbonyl (C=O) groups is 2. The minimum absolute atomic E-state index is 0.0321. The summed E-state index contributed by atoms with van der Waals surface area (Å²) < 4.78 is 24.3. The van der Waals surface area contributed by atoms with Gasteiger partial charge in [0.15, 0.2) is 11.5 Å². The van der Waals surface area contributed by atoms with E-state index in [1.165, 1.54) is 20.3 Å². The van der Waals surface area contributed by atoms with Gasteiger partial charge in [0, 0.05) is 6.42 Å². The van der Waals surface area contributed by atoms with Gasteiger partial charge in [-0.25, -0.2) is 4.39 Å². The summed E-state index contributed by atoms with van der Waals surface area (Å²) in [6.07, 6.45) is -0.264. The second-order valence-corrected chi connectivity index (χ2v) is 6.46. The van der Waals surface area contributed by atoms with E-state index in [9.17, 15) is 19.1 Å². The van der Waals surface area contributed by atoms with Crippen LogP contribution in [0.1, 0.15) is 42.9 Å². The summed E-state index contributed by atoms with van der Waals surface area (Å²) >= 11 is 0. The van der Waals surface area contributed by atoms with E-state index in [0.29, 0.717) is 22.6 Å². The van der Waals surface area contributed by atoms with E-state index in [1.54, 1.807) is 43.3 Å². The van der Waals surface area contributed by atoms with Crippen LogP contribution in [0.5, 0.6) is 11.5 Å². The Balaban J connectivity index is 2.16. The molecule has 0 saturated heterocycles. The number of carbonyl (C=O) groups excluding carboxylic acids is 1. The van der Waals surface area contributed by atoms with Crippen LogP contribution >= 0.6 is 0 Å². The molecule has 6 nitrogen and oxygen atoms in total. The summed E-state index contributed by atoms with van der Waals surface area (Å²) in [5.41, 5.74) is 1.02. The molecule has 0 heterocycles. The van der Waals surface area contributed by atoms with Crippen molar-refractivity contribution in [1.29, 1.82) is 0 Å². The van der Waals surface area contributed by atoms with Crippen LogP contribution in [0, 0.1) is 5.82 Å². The number of aliphatic carboxylic acids is 1. The first-order valence-electron chi connectivity index (χ1n) is 8.83. The van der Waals surface area contributed by atoms with Crippen molar-refractivity contribution in [3.63, 3.8) is 0 Å². The zero-order valence-corrected chi connectivity index (χ0v) is 16.1.